The van der Waals surface area contributed by atoms with E-state index in [0.29, 0.717) is 5.56 Å². The minimum Gasteiger partial charge on any atom is -0.449 e. The Bertz CT molecular complexity index is 325. The first kappa shape index (κ1) is 9.32. The Morgan fingerprint density at radius 2 is 1.92 bits per heavy atom. The van der Waals surface area contributed by atoms with Gasteiger partial charge >= 0.3 is 6.16 Å². The van der Waals surface area contributed by atoms with Gasteiger partial charge in [0.15, 0.2) is 0 Å². The van der Waals surface area contributed by atoms with Crippen molar-refractivity contribution < 1.29 is 14.6 Å². The summed E-state index contributed by atoms with van der Waals surface area (Å²) < 4.78 is 4.40. The van der Waals surface area contributed by atoms with Crippen LogP contribution in [0.5, 0.6) is 0 Å². The van der Waals surface area contributed by atoms with Gasteiger partial charge in [-0.05, 0) is 6.92 Å². The molecule has 0 unspecified atom stereocenters. The molecule has 0 aliphatic rings. The topological polar surface area (TPSA) is 46.5 Å². The largest absolute Gasteiger partial charge is 0.511 e. The summed E-state index contributed by atoms with van der Waals surface area (Å²) in [7, 11) is 0. The summed E-state index contributed by atoms with van der Waals surface area (Å²) in [6.07, 6.45) is -1.34. The highest BCUT2D eigenvalue weighted by molar-refractivity contribution is 5.70. The predicted molar refractivity (Wildman–Crippen MR) is 49.3 cm³/mol. The number of ether oxygens (including phenoxy) is 1. The first-order chi connectivity index (χ1) is 6.09. The van der Waals surface area contributed by atoms with Crippen LogP contribution < -0.4 is 0 Å². The van der Waals surface area contributed by atoms with Crippen molar-refractivity contribution in [1.29, 1.82) is 0 Å². The van der Waals surface area contributed by atoms with Gasteiger partial charge in [0.2, 0.25) is 0 Å². The van der Waals surface area contributed by atoms with Crippen LogP contribution in [0.15, 0.2) is 30.8 Å². The maximum absolute atomic E-state index is 10.2. The predicted octanol–water partition coefficient (Wildman–Crippen LogP) is 2.66. The summed E-state index contributed by atoms with van der Waals surface area (Å²) >= 11 is 0. The molecule has 3 nitrogen and oxygen atoms in total. The Kier molecular flexibility index (Phi) is 2.69. The quantitative estimate of drug-likeness (QED) is 0.559. The normalized spacial score (nSPS) is 9.31. The van der Waals surface area contributed by atoms with Crippen LogP contribution >= 0.6 is 0 Å². The molecule has 0 aromatic heterocycles. The lowest BCUT2D eigenvalue weighted by molar-refractivity contribution is 0.135. The van der Waals surface area contributed by atoms with Crippen molar-refractivity contribution in [3.05, 3.63) is 42.0 Å². The lowest BCUT2D eigenvalue weighted by atomic mass is 10.1. The average Bonchev–Trinajstić information content (AvgIpc) is 2.04. The third-order valence-corrected chi connectivity index (χ3v) is 1.58. The molecule has 3 heteroatoms. The van der Waals surface area contributed by atoms with Crippen LogP contribution in [0.2, 0.25) is 0 Å². The van der Waals surface area contributed by atoms with Gasteiger partial charge in [0.25, 0.3) is 0 Å². The molecular formula is C10H10O3. The van der Waals surface area contributed by atoms with Crippen LogP contribution in [0, 0.1) is 6.92 Å². The molecule has 0 bridgehead atoms. The van der Waals surface area contributed by atoms with Crippen LogP contribution in [-0.4, -0.2) is 11.3 Å². The average molecular weight is 178 g/mol. The minimum atomic E-state index is -1.34. The molecule has 0 heterocycles. The summed E-state index contributed by atoms with van der Waals surface area (Å²) in [5.74, 6) is 0.146. The van der Waals surface area contributed by atoms with E-state index in [4.69, 9.17) is 5.11 Å². The summed E-state index contributed by atoms with van der Waals surface area (Å²) in [5, 5.41) is 8.32. The molecule has 0 radical (unpaired) electrons. The first-order valence-corrected chi connectivity index (χ1v) is 3.76. The highest BCUT2D eigenvalue weighted by atomic mass is 16.7. The highest BCUT2D eigenvalue weighted by Gasteiger charge is 2.03. The SMILES string of the molecule is C=C(OC(=O)O)c1ccc(C)cc1. The summed E-state index contributed by atoms with van der Waals surface area (Å²) in [4.78, 5) is 10.2. The molecule has 68 valence electrons. The molecule has 1 aromatic carbocycles. The molecule has 13 heavy (non-hydrogen) atoms. The van der Waals surface area contributed by atoms with Gasteiger partial charge in [0.05, 0.1) is 0 Å². The highest BCUT2D eigenvalue weighted by Crippen LogP contribution is 2.14. The molecule has 0 fully saturated rings. The number of carboxylic acid groups (broad SMARTS) is 1. The third-order valence-electron chi connectivity index (χ3n) is 1.58. The molecule has 0 atom stereocenters. The zero-order valence-electron chi connectivity index (χ0n) is 7.28. The van der Waals surface area contributed by atoms with Gasteiger partial charge in [0, 0.05) is 5.56 Å². The smallest absolute Gasteiger partial charge is 0.449 e. The summed E-state index contributed by atoms with van der Waals surface area (Å²) in [6, 6.07) is 7.26. The molecule has 0 spiro atoms. The zero-order chi connectivity index (χ0) is 9.84. The van der Waals surface area contributed by atoms with Crippen molar-refractivity contribution in [2.45, 2.75) is 6.92 Å². The van der Waals surface area contributed by atoms with Gasteiger partial charge in [-0.2, -0.15) is 0 Å². The van der Waals surface area contributed by atoms with Gasteiger partial charge in [-0.3, -0.25) is 0 Å². The molecule has 0 aliphatic heterocycles. The number of carbonyl (C=O) groups is 1. The fourth-order valence-corrected chi connectivity index (χ4v) is 0.904. The van der Waals surface area contributed by atoms with E-state index in [1.807, 2.05) is 19.1 Å². The van der Waals surface area contributed by atoms with E-state index in [1.54, 1.807) is 12.1 Å². The van der Waals surface area contributed by atoms with Gasteiger partial charge < -0.3 is 9.84 Å². The van der Waals surface area contributed by atoms with Crippen LogP contribution in [-0.2, 0) is 4.74 Å². The van der Waals surface area contributed by atoms with E-state index >= 15 is 0 Å². The standard InChI is InChI=1S/C10H10O3/c1-7-3-5-9(6-4-7)8(2)13-10(11)12/h3-6H,2H2,1H3,(H,11,12). The first-order valence-electron chi connectivity index (χ1n) is 3.76. The van der Waals surface area contributed by atoms with Crippen LogP contribution in [0.4, 0.5) is 4.79 Å². The van der Waals surface area contributed by atoms with E-state index in [0.717, 1.165) is 5.56 Å². The molecule has 0 saturated carbocycles. The molecule has 1 aromatic rings. The van der Waals surface area contributed by atoms with Crippen molar-refractivity contribution in [2.24, 2.45) is 0 Å². The van der Waals surface area contributed by atoms with E-state index in [-0.39, 0.29) is 5.76 Å². The number of rotatable bonds is 2. The Hall–Kier alpha value is -1.77. The number of benzene rings is 1. The maximum Gasteiger partial charge on any atom is 0.511 e. The minimum absolute atomic E-state index is 0.146. The number of hydrogen-bond acceptors (Lipinski definition) is 2. The molecule has 1 N–H and O–H groups in total. The zero-order valence-corrected chi connectivity index (χ0v) is 7.28. The Morgan fingerprint density at radius 1 is 1.38 bits per heavy atom. The fourth-order valence-electron chi connectivity index (χ4n) is 0.904. The van der Waals surface area contributed by atoms with E-state index < -0.39 is 6.16 Å². The van der Waals surface area contributed by atoms with Crippen LogP contribution in [0.25, 0.3) is 5.76 Å². The monoisotopic (exact) mass is 178 g/mol. The Balaban J connectivity index is 2.78. The van der Waals surface area contributed by atoms with Crippen molar-refractivity contribution >= 4 is 11.9 Å². The van der Waals surface area contributed by atoms with E-state index in [1.165, 1.54) is 0 Å². The molecule has 0 saturated heterocycles. The molecule has 0 aliphatic carbocycles. The lowest BCUT2D eigenvalue weighted by Gasteiger charge is -2.03. The van der Waals surface area contributed by atoms with Gasteiger partial charge in [0.1, 0.15) is 5.76 Å². The van der Waals surface area contributed by atoms with Gasteiger partial charge in [-0.1, -0.05) is 36.4 Å². The van der Waals surface area contributed by atoms with Crippen LogP contribution in [0.1, 0.15) is 11.1 Å². The second-order valence-corrected chi connectivity index (χ2v) is 2.66. The lowest BCUT2D eigenvalue weighted by Crippen LogP contribution is -1.98. The van der Waals surface area contributed by atoms with Crippen molar-refractivity contribution in [1.82, 2.24) is 0 Å². The summed E-state index contributed by atoms with van der Waals surface area (Å²) in [6.45, 7) is 5.44. The summed E-state index contributed by atoms with van der Waals surface area (Å²) in [5.41, 5.74) is 1.78. The maximum atomic E-state index is 10.2. The third kappa shape index (κ3) is 2.63. The second kappa shape index (κ2) is 3.76. The van der Waals surface area contributed by atoms with Crippen molar-refractivity contribution in [3.63, 3.8) is 0 Å². The number of hydrogen-bond donors (Lipinski definition) is 1. The number of aryl methyl sites for hydroxylation is 1. The fraction of sp³-hybridized carbons (Fsp3) is 0.100. The van der Waals surface area contributed by atoms with E-state index in [2.05, 4.69) is 11.3 Å². The van der Waals surface area contributed by atoms with Crippen molar-refractivity contribution in [3.8, 4) is 0 Å². The van der Waals surface area contributed by atoms with Crippen molar-refractivity contribution in [2.75, 3.05) is 0 Å². The molecular weight excluding hydrogens is 168 g/mol. The van der Waals surface area contributed by atoms with Crippen LogP contribution in [0.3, 0.4) is 0 Å². The molecule has 0 amide bonds. The van der Waals surface area contributed by atoms with Gasteiger partial charge in [-0.25, -0.2) is 4.79 Å². The van der Waals surface area contributed by atoms with E-state index in [9.17, 15) is 4.79 Å². The Morgan fingerprint density at radius 3 is 2.38 bits per heavy atom. The van der Waals surface area contributed by atoms with Gasteiger partial charge in [-0.15, -0.1) is 0 Å². The Labute approximate surface area is 76.3 Å². The second-order valence-electron chi connectivity index (χ2n) is 2.66. The molecule has 1 rings (SSSR count).